The zero-order valence-electron chi connectivity index (χ0n) is 12.7. The number of carbonyl (C=O) groups excluding carboxylic acids is 1. The average Bonchev–Trinajstić information content (AvgIpc) is 2.31. The first-order chi connectivity index (χ1) is 8.65. The molecule has 0 rings (SSSR count). The van der Waals surface area contributed by atoms with Gasteiger partial charge in [0.05, 0.1) is 0 Å². The van der Waals surface area contributed by atoms with Gasteiger partial charge in [-0.3, -0.25) is 0 Å². The van der Waals surface area contributed by atoms with E-state index >= 15 is 0 Å². The first kappa shape index (κ1) is 24.4. The summed E-state index contributed by atoms with van der Waals surface area (Å²) in [7, 11) is 0. The topological polar surface area (TPSA) is 80.6 Å². The molecule has 19 heavy (non-hydrogen) atoms. The molecule has 0 heterocycles. The maximum absolute atomic E-state index is 8.89. The van der Waals surface area contributed by atoms with Crippen LogP contribution >= 0.6 is 0 Å². The molecule has 0 aliphatic rings. The number of rotatable bonds is 11. The van der Waals surface area contributed by atoms with Crippen LogP contribution in [0.3, 0.4) is 0 Å². The molecule has 0 spiro atoms. The summed E-state index contributed by atoms with van der Waals surface area (Å²) in [6.45, 7) is 1.67. The van der Waals surface area contributed by atoms with Gasteiger partial charge in [0.25, 0.3) is 0 Å². The van der Waals surface area contributed by atoms with Crippen molar-refractivity contribution in [2.24, 2.45) is 0 Å². The van der Waals surface area contributed by atoms with Gasteiger partial charge in [-0.15, -0.1) is 0 Å². The molecule has 0 aliphatic heterocycles. The summed E-state index contributed by atoms with van der Waals surface area (Å²) >= 11 is 0. The molecule has 4 nitrogen and oxygen atoms in total. The van der Waals surface area contributed by atoms with Crippen LogP contribution in [-0.2, 0) is 4.79 Å². The summed E-state index contributed by atoms with van der Waals surface area (Å²) in [6.07, 6.45) is 12.2. The van der Waals surface area contributed by atoms with Gasteiger partial charge in [0.1, 0.15) is 0 Å². The van der Waals surface area contributed by atoms with Gasteiger partial charge in [-0.05, 0) is 19.8 Å². The van der Waals surface area contributed by atoms with Crippen molar-refractivity contribution < 1.29 is 49.7 Å². The quantitative estimate of drug-likeness (QED) is 0.362. The first-order valence-corrected chi connectivity index (χ1v) is 7.04. The Morgan fingerprint density at radius 1 is 0.737 bits per heavy atom. The summed E-state index contributed by atoms with van der Waals surface area (Å²) in [5, 5.41) is 26.0. The van der Waals surface area contributed by atoms with E-state index in [-0.39, 0.29) is 29.6 Å². The van der Waals surface area contributed by atoms with E-state index < -0.39 is 5.97 Å². The van der Waals surface area contributed by atoms with E-state index in [1.165, 1.54) is 51.4 Å². The third kappa shape index (κ3) is 38.1. The largest absolute Gasteiger partial charge is 1.00 e. The SMILES string of the molecule is CC(=O)[O-].OCCCCCCCCCCCCO.[Na+]. The number of carbonyl (C=O) groups is 1. The molecular weight excluding hydrogens is 255 g/mol. The zero-order chi connectivity index (χ0) is 14.1. The number of aliphatic hydroxyl groups excluding tert-OH is 2. The number of aliphatic hydroxyl groups is 2. The molecule has 0 radical (unpaired) electrons. The number of carboxylic acid groups (broad SMARTS) is 1. The van der Waals surface area contributed by atoms with Crippen molar-refractivity contribution in [1.82, 2.24) is 0 Å². The summed E-state index contributed by atoms with van der Waals surface area (Å²) in [4.78, 5) is 8.89. The fourth-order valence-electron chi connectivity index (χ4n) is 1.64. The minimum absolute atomic E-state index is 0. The molecule has 0 aromatic carbocycles. The van der Waals surface area contributed by atoms with Gasteiger partial charge in [-0.2, -0.15) is 0 Å². The molecule has 110 valence electrons. The van der Waals surface area contributed by atoms with Crippen LogP contribution in [0.1, 0.15) is 71.1 Å². The molecule has 0 atom stereocenters. The second kappa shape index (κ2) is 23.5. The number of unbranched alkanes of at least 4 members (excludes halogenated alkanes) is 9. The maximum Gasteiger partial charge on any atom is 1.00 e. The van der Waals surface area contributed by atoms with Crippen LogP contribution in [0.5, 0.6) is 0 Å². The van der Waals surface area contributed by atoms with Crippen molar-refractivity contribution in [1.29, 1.82) is 0 Å². The number of carboxylic acids is 1. The van der Waals surface area contributed by atoms with Crippen molar-refractivity contribution in [3.05, 3.63) is 0 Å². The molecule has 0 amide bonds. The van der Waals surface area contributed by atoms with Crippen LogP contribution in [0.4, 0.5) is 0 Å². The molecular formula is C14H29NaO4. The zero-order valence-corrected chi connectivity index (χ0v) is 14.7. The van der Waals surface area contributed by atoms with E-state index in [9.17, 15) is 0 Å². The maximum atomic E-state index is 8.89. The van der Waals surface area contributed by atoms with Gasteiger partial charge in [-0.1, -0.05) is 51.4 Å². The number of aliphatic carboxylic acids is 1. The van der Waals surface area contributed by atoms with E-state index in [4.69, 9.17) is 20.1 Å². The van der Waals surface area contributed by atoms with E-state index in [1.54, 1.807) is 0 Å². The van der Waals surface area contributed by atoms with Crippen molar-refractivity contribution in [2.45, 2.75) is 71.1 Å². The predicted octanol–water partition coefficient (Wildman–Crippen LogP) is -1.37. The van der Waals surface area contributed by atoms with Gasteiger partial charge in [-0.25, -0.2) is 0 Å². The Bertz CT molecular complexity index is 150. The van der Waals surface area contributed by atoms with Crippen LogP contribution < -0.4 is 34.7 Å². The average molecular weight is 284 g/mol. The second-order valence-corrected chi connectivity index (χ2v) is 4.47. The van der Waals surface area contributed by atoms with Gasteiger partial charge in [0.15, 0.2) is 0 Å². The molecule has 0 saturated heterocycles. The Morgan fingerprint density at radius 3 is 1.05 bits per heavy atom. The normalized spacial score (nSPS) is 9.21. The van der Waals surface area contributed by atoms with Crippen molar-refractivity contribution in [2.75, 3.05) is 13.2 Å². The Kier molecular flexibility index (Phi) is 30.2. The summed E-state index contributed by atoms with van der Waals surface area (Å²) in [5.74, 6) is -1.08. The summed E-state index contributed by atoms with van der Waals surface area (Å²) in [6, 6.07) is 0. The van der Waals surface area contributed by atoms with E-state index in [2.05, 4.69) is 0 Å². The number of hydrogen-bond donors (Lipinski definition) is 2. The fraction of sp³-hybridized carbons (Fsp3) is 0.929. The molecule has 0 fully saturated rings. The summed E-state index contributed by atoms with van der Waals surface area (Å²) < 4.78 is 0. The van der Waals surface area contributed by atoms with Crippen LogP contribution in [0.15, 0.2) is 0 Å². The first-order valence-electron chi connectivity index (χ1n) is 7.04. The smallest absolute Gasteiger partial charge is 0.550 e. The minimum atomic E-state index is -1.08. The Labute approximate surface area is 139 Å². The van der Waals surface area contributed by atoms with Crippen LogP contribution in [0, 0.1) is 0 Å². The molecule has 0 bridgehead atoms. The van der Waals surface area contributed by atoms with E-state index in [0.717, 1.165) is 19.8 Å². The third-order valence-corrected chi connectivity index (χ3v) is 2.57. The standard InChI is InChI=1S/C12H26O2.C2H4O2.Na/c13-11-9-7-5-3-1-2-4-6-8-10-12-14;1-2(3)4;/h13-14H,1-12H2;1H3,(H,3,4);/q;;+1/p-1. The van der Waals surface area contributed by atoms with Crippen LogP contribution in [-0.4, -0.2) is 29.4 Å². The van der Waals surface area contributed by atoms with E-state index in [0.29, 0.717) is 13.2 Å². The Hall–Kier alpha value is 0.390. The molecule has 0 unspecified atom stereocenters. The Morgan fingerprint density at radius 2 is 0.895 bits per heavy atom. The van der Waals surface area contributed by atoms with Crippen molar-refractivity contribution in [3.63, 3.8) is 0 Å². The Balaban J connectivity index is -0.000000448. The molecule has 0 saturated carbocycles. The van der Waals surface area contributed by atoms with Crippen LogP contribution in [0.25, 0.3) is 0 Å². The predicted molar refractivity (Wildman–Crippen MR) is 71.0 cm³/mol. The fourth-order valence-corrected chi connectivity index (χ4v) is 1.64. The van der Waals surface area contributed by atoms with Crippen molar-refractivity contribution in [3.8, 4) is 0 Å². The second-order valence-electron chi connectivity index (χ2n) is 4.47. The summed E-state index contributed by atoms with van der Waals surface area (Å²) in [5.41, 5.74) is 0. The molecule has 2 N–H and O–H groups in total. The third-order valence-electron chi connectivity index (χ3n) is 2.57. The monoisotopic (exact) mass is 284 g/mol. The van der Waals surface area contributed by atoms with Gasteiger partial charge in [0, 0.05) is 19.2 Å². The molecule has 0 aromatic rings. The minimum Gasteiger partial charge on any atom is -0.550 e. The molecule has 0 aliphatic carbocycles. The van der Waals surface area contributed by atoms with E-state index in [1.807, 2.05) is 0 Å². The molecule has 5 heteroatoms. The molecule has 0 aromatic heterocycles. The van der Waals surface area contributed by atoms with Crippen LogP contribution in [0.2, 0.25) is 0 Å². The number of hydrogen-bond acceptors (Lipinski definition) is 4. The van der Waals surface area contributed by atoms with Gasteiger partial charge < -0.3 is 20.1 Å². The van der Waals surface area contributed by atoms with Gasteiger partial charge in [0.2, 0.25) is 0 Å². The van der Waals surface area contributed by atoms with Crippen molar-refractivity contribution >= 4 is 5.97 Å². The van der Waals surface area contributed by atoms with Gasteiger partial charge >= 0.3 is 29.6 Å².